The van der Waals surface area contributed by atoms with Gasteiger partial charge >= 0.3 is 11.9 Å². The Morgan fingerprint density at radius 1 is 0.895 bits per heavy atom. The predicted octanol–water partition coefficient (Wildman–Crippen LogP) is 1.23. The fraction of sp³-hybridized carbons (Fsp3) is 0. The van der Waals surface area contributed by atoms with Gasteiger partial charge in [-0.2, -0.15) is 0 Å². The summed E-state index contributed by atoms with van der Waals surface area (Å²) in [7, 11) is 0. The summed E-state index contributed by atoms with van der Waals surface area (Å²) in [6.45, 7) is 0. The molecule has 0 amide bonds. The lowest BCUT2D eigenvalue weighted by Crippen LogP contribution is -2.22. The molecule has 0 unspecified atom stereocenters. The van der Waals surface area contributed by atoms with Gasteiger partial charge in [0.25, 0.3) is 0 Å². The maximum absolute atomic E-state index is 11.4. The zero-order valence-corrected chi connectivity index (χ0v) is 9.61. The highest BCUT2D eigenvalue weighted by atomic mass is 16.4. The molecule has 0 saturated heterocycles. The molecule has 0 atom stereocenters. The predicted molar refractivity (Wildman–Crippen MR) is 66.0 cm³/mol. The van der Waals surface area contributed by atoms with Gasteiger partial charge in [0, 0.05) is 17.8 Å². The lowest BCUT2D eigenvalue weighted by Gasteiger charge is -2.13. The summed E-state index contributed by atoms with van der Waals surface area (Å²) < 4.78 is 1.02. The van der Waals surface area contributed by atoms with Crippen LogP contribution in [0, 0.1) is 0 Å². The van der Waals surface area contributed by atoms with Crippen LogP contribution in [0.25, 0.3) is 5.69 Å². The van der Waals surface area contributed by atoms with E-state index in [9.17, 15) is 14.4 Å². The number of rotatable bonds is 3. The quantitative estimate of drug-likeness (QED) is 0.864. The number of carboxylic acid groups (broad SMARTS) is 2. The van der Waals surface area contributed by atoms with Crippen LogP contribution in [-0.2, 0) is 0 Å². The summed E-state index contributed by atoms with van der Waals surface area (Å²) in [6.07, 6.45) is 0. The first-order chi connectivity index (χ1) is 9.00. The highest BCUT2D eigenvalue weighted by Gasteiger charge is 2.19. The zero-order chi connectivity index (χ0) is 14.0. The monoisotopic (exact) mass is 259 g/mol. The number of para-hydroxylation sites is 1. The summed E-state index contributed by atoms with van der Waals surface area (Å²) >= 11 is 0. The highest BCUT2D eigenvalue weighted by Crippen LogP contribution is 2.14. The van der Waals surface area contributed by atoms with E-state index < -0.39 is 28.8 Å². The molecule has 2 rings (SSSR count). The summed E-state index contributed by atoms with van der Waals surface area (Å²) in [5.41, 5.74) is -1.09. The van der Waals surface area contributed by atoms with E-state index in [1.807, 2.05) is 0 Å². The number of carbonyl (C=O) groups is 2. The van der Waals surface area contributed by atoms with Gasteiger partial charge in [0.05, 0.1) is 0 Å². The van der Waals surface area contributed by atoms with Gasteiger partial charge in [0.2, 0.25) is 0 Å². The van der Waals surface area contributed by atoms with Crippen LogP contribution in [0.5, 0.6) is 0 Å². The van der Waals surface area contributed by atoms with Gasteiger partial charge < -0.3 is 10.2 Å². The van der Waals surface area contributed by atoms with Crippen LogP contribution in [0.2, 0.25) is 0 Å². The molecule has 0 fully saturated rings. The minimum atomic E-state index is -1.37. The molecule has 0 bridgehead atoms. The van der Waals surface area contributed by atoms with Crippen molar-refractivity contribution in [2.75, 3.05) is 0 Å². The van der Waals surface area contributed by atoms with E-state index in [2.05, 4.69) is 0 Å². The SMILES string of the molecule is O=C(O)c1cc(=O)cc(C(=O)O)n1-c1ccccc1. The number of aromatic nitrogens is 1. The minimum Gasteiger partial charge on any atom is -0.477 e. The van der Waals surface area contributed by atoms with Crippen LogP contribution in [0.15, 0.2) is 47.3 Å². The third-order valence-electron chi connectivity index (χ3n) is 2.49. The van der Waals surface area contributed by atoms with Crippen LogP contribution >= 0.6 is 0 Å². The second kappa shape index (κ2) is 4.77. The maximum atomic E-state index is 11.4. The van der Waals surface area contributed by atoms with Gasteiger partial charge in [-0.1, -0.05) is 18.2 Å². The Kier molecular flexibility index (Phi) is 3.15. The van der Waals surface area contributed by atoms with E-state index in [0.717, 1.165) is 16.7 Å². The molecular weight excluding hydrogens is 250 g/mol. The van der Waals surface area contributed by atoms with Gasteiger partial charge in [-0.05, 0) is 12.1 Å². The molecule has 1 aromatic carbocycles. The lowest BCUT2D eigenvalue weighted by atomic mass is 10.2. The number of hydrogen-bond donors (Lipinski definition) is 2. The second-order valence-corrected chi connectivity index (χ2v) is 3.74. The molecule has 19 heavy (non-hydrogen) atoms. The Hall–Kier alpha value is -2.89. The second-order valence-electron chi connectivity index (χ2n) is 3.74. The number of pyridine rings is 1. The minimum absolute atomic E-state index is 0.359. The van der Waals surface area contributed by atoms with Crippen molar-refractivity contribution < 1.29 is 19.8 Å². The Labute approximate surface area is 107 Å². The van der Waals surface area contributed by atoms with Gasteiger partial charge in [-0.3, -0.25) is 9.36 Å². The highest BCUT2D eigenvalue weighted by molar-refractivity contribution is 5.91. The molecule has 0 aliphatic carbocycles. The van der Waals surface area contributed by atoms with Crippen molar-refractivity contribution in [3.63, 3.8) is 0 Å². The van der Waals surface area contributed by atoms with Gasteiger partial charge in [-0.15, -0.1) is 0 Å². The third kappa shape index (κ3) is 2.37. The Bertz CT molecular complexity index is 664. The lowest BCUT2D eigenvalue weighted by molar-refractivity contribution is 0.0678. The molecule has 0 saturated carbocycles. The van der Waals surface area contributed by atoms with Crippen molar-refractivity contribution >= 4 is 11.9 Å². The van der Waals surface area contributed by atoms with Crippen molar-refractivity contribution in [2.24, 2.45) is 0 Å². The van der Waals surface area contributed by atoms with E-state index in [1.165, 1.54) is 0 Å². The molecule has 2 N–H and O–H groups in total. The molecule has 6 nitrogen and oxygen atoms in total. The van der Waals surface area contributed by atoms with Gasteiger partial charge in [0.15, 0.2) is 5.43 Å². The van der Waals surface area contributed by atoms with E-state index in [0.29, 0.717) is 5.69 Å². The Morgan fingerprint density at radius 2 is 1.37 bits per heavy atom. The van der Waals surface area contributed by atoms with Crippen molar-refractivity contribution in [1.29, 1.82) is 0 Å². The Balaban J connectivity index is 2.86. The first-order valence-corrected chi connectivity index (χ1v) is 5.30. The van der Waals surface area contributed by atoms with E-state index in [4.69, 9.17) is 10.2 Å². The van der Waals surface area contributed by atoms with Crippen LogP contribution in [0.4, 0.5) is 0 Å². The number of aromatic carboxylic acids is 2. The topological polar surface area (TPSA) is 96.6 Å². The summed E-state index contributed by atoms with van der Waals surface area (Å²) in [4.78, 5) is 33.7. The van der Waals surface area contributed by atoms with Gasteiger partial charge in [0.1, 0.15) is 11.4 Å². The van der Waals surface area contributed by atoms with E-state index in [1.54, 1.807) is 30.3 Å². The summed E-state index contributed by atoms with van der Waals surface area (Å²) in [6, 6.07) is 9.90. The summed E-state index contributed by atoms with van der Waals surface area (Å²) in [5, 5.41) is 18.2. The summed E-state index contributed by atoms with van der Waals surface area (Å²) in [5.74, 6) is -2.74. The first kappa shape index (κ1) is 12.6. The van der Waals surface area contributed by atoms with Crippen molar-refractivity contribution in [1.82, 2.24) is 4.57 Å². The third-order valence-corrected chi connectivity index (χ3v) is 2.49. The first-order valence-electron chi connectivity index (χ1n) is 5.30. The van der Waals surface area contributed by atoms with E-state index >= 15 is 0 Å². The van der Waals surface area contributed by atoms with Crippen molar-refractivity contribution in [3.8, 4) is 5.69 Å². The average molecular weight is 259 g/mol. The maximum Gasteiger partial charge on any atom is 0.353 e. The van der Waals surface area contributed by atoms with E-state index in [-0.39, 0.29) is 0 Å². The normalized spacial score (nSPS) is 10.1. The standard InChI is InChI=1S/C13H9NO5/c15-9-6-10(12(16)17)14(11(7-9)13(18)19)8-4-2-1-3-5-8/h1-7H,(H,16,17)(H,18,19). The smallest absolute Gasteiger partial charge is 0.353 e. The Morgan fingerprint density at radius 3 is 1.79 bits per heavy atom. The number of carboxylic acids is 2. The molecule has 96 valence electrons. The zero-order valence-electron chi connectivity index (χ0n) is 9.61. The van der Waals surface area contributed by atoms with Crippen molar-refractivity contribution in [3.05, 3.63) is 64.1 Å². The largest absolute Gasteiger partial charge is 0.477 e. The van der Waals surface area contributed by atoms with Gasteiger partial charge in [-0.25, -0.2) is 9.59 Å². The van der Waals surface area contributed by atoms with Crippen LogP contribution in [-0.4, -0.2) is 26.7 Å². The van der Waals surface area contributed by atoms with Crippen molar-refractivity contribution in [2.45, 2.75) is 0 Å². The average Bonchev–Trinajstić information content (AvgIpc) is 2.38. The number of nitrogens with zero attached hydrogens (tertiary/aromatic N) is 1. The molecular formula is C13H9NO5. The molecule has 1 aromatic heterocycles. The van der Waals surface area contributed by atoms with Crippen LogP contribution < -0.4 is 5.43 Å². The molecule has 1 heterocycles. The molecule has 0 spiro atoms. The fourth-order valence-corrected chi connectivity index (χ4v) is 1.74. The molecule has 2 aromatic rings. The number of hydrogen-bond acceptors (Lipinski definition) is 3. The molecule has 0 aliphatic heterocycles. The fourth-order valence-electron chi connectivity index (χ4n) is 1.74. The molecule has 0 radical (unpaired) electrons. The molecule has 0 aliphatic rings. The number of benzene rings is 1. The van der Waals surface area contributed by atoms with Crippen LogP contribution in [0.3, 0.4) is 0 Å². The molecule has 6 heteroatoms. The van der Waals surface area contributed by atoms with Crippen LogP contribution in [0.1, 0.15) is 21.0 Å².